The number of esters is 1. The molecule has 22 heavy (non-hydrogen) atoms. The third-order valence-corrected chi connectivity index (χ3v) is 2.88. The fourth-order valence-electron chi connectivity index (χ4n) is 1.87. The van der Waals surface area contributed by atoms with Gasteiger partial charge in [0, 0.05) is 12.7 Å². The quantitative estimate of drug-likeness (QED) is 0.765. The van der Waals surface area contributed by atoms with E-state index in [1.54, 1.807) is 37.4 Å². The Morgan fingerprint density at radius 2 is 2.05 bits per heavy atom. The van der Waals surface area contributed by atoms with Crippen LogP contribution in [0.1, 0.15) is 30.6 Å². The second kappa shape index (κ2) is 7.97. The number of carbonyl (C=O) groups excluding carboxylic acids is 1. The minimum absolute atomic E-state index is 0.333. The van der Waals surface area contributed by atoms with Crippen LogP contribution in [0.5, 0.6) is 0 Å². The minimum atomic E-state index is -0.370. The normalized spacial score (nSPS) is 10.1. The fourth-order valence-corrected chi connectivity index (χ4v) is 1.87. The zero-order valence-corrected chi connectivity index (χ0v) is 12.8. The molecule has 0 amide bonds. The molecule has 1 aromatic heterocycles. The van der Waals surface area contributed by atoms with E-state index in [1.807, 2.05) is 6.07 Å². The number of benzene rings is 1. The number of nitrogens with zero attached hydrogens (tertiary/aromatic N) is 2. The van der Waals surface area contributed by atoms with E-state index in [-0.39, 0.29) is 5.97 Å². The van der Waals surface area contributed by atoms with E-state index >= 15 is 0 Å². The van der Waals surface area contributed by atoms with Crippen LogP contribution >= 0.6 is 0 Å². The van der Waals surface area contributed by atoms with Gasteiger partial charge in [-0.05, 0) is 31.5 Å². The van der Waals surface area contributed by atoms with E-state index in [9.17, 15) is 4.79 Å². The molecule has 6 nitrogen and oxygen atoms in total. The summed E-state index contributed by atoms with van der Waals surface area (Å²) in [4.78, 5) is 20.5. The van der Waals surface area contributed by atoms with Gasteiger partial charge in [0.2, 0.25) is 5.95 Å². The lowest BCUT2D eigenvalue weighted by molar-refractivity contribution is 0.0527. The molecule has 0 unspecified atom stereocenters. The van der Waals surface area contributed by atoms with Crippen molar-refractivity contribution in [1.82, 2.24) is 9.97 Å². The first-order valence-corrected chi connectivity index (χ1v) is 7.34. The van der Waals surface area contributed by atoms with Crippen molar-refractivity contribution in [3.05, 3.63) is 42.1 Å². The number of carbonyl (C=O) groups is 1. The SMILES string of the molecule is CCCNc1ccnc(Nc2ccccc2C(=O)OCC)n1. The van der Waals surface area contributed by atoms with Gasteiger partial charge in [0.1, 0.15) is 5.82 Å². The maximum atomic E-state index is 11.9. The van der Waals surface area contributed by atoms with Gasteiger partial charge < -0.3 is 15.4 Å². The molecule has 6 heteroatoms. The molecule has 0 spiro atoms. The van der Waals surface area contributed by atoms with Crippen molar-refractivity contribution in [2.75, 3.05) is 23.8 Å². The van der Waals surface area contributed by atoms with E-state index in [0.717, 1.165) is 18.8 Å². The first-order chi connectivity index (χ1) is 10.7. The first kappa shape index (κ1) is 15.8. The number of nitrogens with one attached hydrogen (secondary N) is 2. The van der Waals surface area contributed by atoms with Crippen LogP contribution in [0.4, 0.5) is 17.5 Å². The summed E-state index contributed by atoms with van der Waals surface area (Å²) >= 11 is 0. The smallest absolute Gasteiger partial charge is 0.340 e. The third kappa shape index (κ3) is 4.18. The number of hydrogen-bond acceptors (Lipinski definition) is 6. The molecule has 0 atom stereocenters. The van der Waals surface area contributed by atoms with Crippen LogP contribution in [0.25, 0.3) is 0 Å². The van der Waals surface area contributed by atoms with Gasteiger partial charge in [0.25, 0.3) is 0 Å². The molecular weight excluding hydrogens is 280 g/mol. The lowest BCUT2D eigenvalue weighted by Crippen LogP contribution is -2.09. The maximum absolute atomic E-state index is 11.9. The Morgan fingerprint density at radius 1 is 1.23 bits per heavy atom. The number of rotatable bonds is 7. The predicted molar refractivity (Wildman–Crippen MR) is 86.5 cm³/mol. The zero-order valence-electron chi connectivity index (χ0n) is 12.8. The molecule has 0 fully saturated rings. The molecule has 0 saturated heterocycles. The Bertz CT molecular complexity index is 631. The highest BCUT2D eigenvalue weighted by Gasteiger charge is 2.12. The van der Waals surface area contributed by atoms with Crippen LogP contribution in [0.2, 0.25) is 0 Å². The van der Waals surface area contributed by atoms with Crippen molar-refractivity contribution in [2.45, 2.75) is 20.3 Å². The lowest BCUT2D eigenvalue weighted by Gasteiger charge is -2.11. The Labute approximate surface area is 129 Å². The summed E-state index contributed by atoms with van der Waals surface area (Å²) in [7, 11) is 0. The monoisotopic (exact) mass is 300 g/mol. The largest absolute Gasteiger partial charge is 0.462 e. The molecule has 0 aliphatic carbocycles. The molecule has 2 rings (SSSR count). The highest BCUT2D eigenvalue weighted by Crippen LogP contribution is 2.20. The topological polar surface area (TPSA) is 76.1 Å². The summed E-state index contributed by atoms with van der Waals surface area (Å²) in [6.45, 7) is 5.04. The van der Waals surface area contributed by atoms with Gasteiger partial charge in [-0.2, -0.15) is 4.98 Å². The molecule has 0 aliphatic heterocycles. The van der Waals surface area contributed by atoms with Crippen molar-refractivity contribution in [3.63, 3.8) is 0 Å². The molecule has 0 saturated carbocycles. The lowest BCUT2D eigenvalue weighted by atomic mass is 10.2. The molecule has 0 bridgehead atoms. The van der Waals surface area contributed by atoms with E-state index in [0.29, 0.717) is 23.8 Å². The van der Waals surface area contributed by atoms with Gasteiger partial charge in [-0.15, -0.1) is 0 Å². The summed E-state index contributed by atoms with van der Waals surface area (Å²) < 4.78 is 5.05. The van der Waals surface area contributed by atoms with E-state index in [2.05, 4.69) is 27.5 Å². The number of para-hydroxylation sites is 1. The summed E-state index contributed by atoms with van der Waals surface area (Å²) in [6.07, 6.45) is 2.68. The highest BCUT2D eigenvalue weighted by molar-refractivity contribution is 5.96. The van der Waals surface area contributed by atoms with Crippen LogP contribution in [-0.4, -0.2) is 29.1 Å². The summed E-state index contributed by atoms with van der Waals surface area (Å²) in [5.74, 6) is 0.802. The van der Waals surface area contributed by atoms with Gasteiger partial charge in [-0.3, -0.25) is 0 Å². The number of ether oxygens (including phenoxy) is 1. The molecular formula is C16H20N4O2. The summed E-state index contributed by atoms with van der Waals surface area (Å²) in [6, 6.07) is 8.93. The number of aromatic nitrogens is 2. The van der Waals surface area contributed by atoms with Gasteiger partial charge in [0.15, 0.2) is 0 Å². The Kier molecular flexibility index (Phi) is 5.71. The predicted octanol–water partition coefficient (Wildman–Crippen LogP) is 3.22. The average molecular weight is 300 g/mol. The molecule has 1 aromatic carbocycles. The van der Waals surface area contributed by atoms with Crippen LogP contribution in [0.3, 0.4) is 0 Å². The van der Waals surface area contributed by atoms with Crippen LogP contribution in [-0.2, 0) is 4.74 Å². The number of anilines is 3. The maximum Gasteiger partial charge on any atom is 0.340 e. The average Bonchev–Trinajstić information content (AvgIpc) is 2.54. The molecule has 1 heterocycles. The van der Waals surface area contributed by atoms with E-state index < -0.39 is 0 Å². The Balaban J connectivity index is 2.18. The highest BCUT2D eigenvalue weighted by atomic mass is 16.5. The van der Waals surface area contributed by atoms with E-state index in [1.165, 1.54) is 0 Å². The minimum Gasteiger partial charge on any atom is -0.462 e. The Morgan fingerprint density at radius 3 is 2.82 bits per heavy atom. The third-order valence-electron chi connectivity index (χ3n) is 2.88. The molecule has 2 N–H and O–H groups in total. The number of hydrogen-bond donors (Lipinski definition) is 2. The van der Waals surface area contributed by atoms with Crippen molar-refractivity contribution in [2.24, 2.45) is 0 Å². The van der Waals surface area contributed by atoms with E-state index in [4.69, 9.17) is 4.74 Å². The van der Waals surface area contributed by atoms with Crippen molar-refractivity contribution in [1.29, 1.82) is 0 Å². The van der Waals surface area contributed by atoms with Gasteiger partial charge in [-0.25, -0.2) is 9.78 Å². The van der Waals surface area contributed by atoms with Crippen LogP contribution < -0.4 is 10.6 Å². The molecule has 0 radical (unpaired) electrons. The van der Waals surface area contributed by atoms with Crippen molar-refractivity contribution in [3.8, 4) is 0 Å². The van der Waals surface area contributed by atoms with Gasteiger partial charge >= 0.3 is 5.97 Å². The summed E-state index contributed by atoms with van der Waals surface area (Å²) in [5.41, 5.74) is 1.08. The van der Waals surface area contributed by atoms with Crippen molar-refractivity contribution >= 4 is 23.4 Å². The second-order valence-electron chi connectivity index (χ2n) is 4.58. The van der Waals surface area contributed by atoms with Gasteiger partial charge in [-0.1, -0.05) is 19.1 Å². The molecule has 116 valence electrons. The molecule has 2 aromatic rings. The van der Waals surface area contributed by atoms with Crippen LogP contribution in [0.15, 0.2) is 36.5 Å². The van der Waals surface area contributed by atoms with Crippen molar-refractivity contribution < 1.29 is 9.53 Å². The zero-order chi connectivity index (χ0) is 15.8. The fraction of sp³-hybridized carbons (Fsp3) is 0.312. The van der Waals surface area contributed by atoms with Gasteiger partial charge in [0.05, 0.1) is 17.9 Å². The standard InChI is InChI=1S/C16H20N4O2/c1-3-10-17-14-9-11-18-16(20-14)19-13-8-6-5-7-12(13)15(21)22-4-2/h5-9,11H,3-4,10H2,1-2H3,(H2,17,18,19,20). The summed E-state index contributed by atoms with van der Waals surface area (Å²) in [5, 5.41) is 6.26. The second-order valence-corrected chi connectivity index (χ2v) is 4.58. The van der Waals surface area contributed by atoms with Crippen LogP contribution in [0, 0.1) is 0 Å². The molecule has 0 aliphatic rings. The Hall–Kier alpha value is -2.63. The first-order valence-electron chi connectivity index (χ1n) is 7.34.